The van der Waals surface area contributed by atoms with Gasteiger partial charge in [0.25, 0.3) is 0 Å². The van der Waals surface area contributed by atoms with E-state index < -0.39 is 0 Å². The lowest BCUT2D eigenvalue weighted by molar-refractivity contribution is 0.273. The number of aliphatic hydroxyl groups is 1. The molecule has 2 aromatic rings. The second-order valence-corrected chi connectivity index (χ2v) is 6.00. The van der Waals surface area contributed by atoms with E-state index in [-0.39, 0.29) is 17.9 Å². The molecular weight excluding hydrogens is 222 g/mol. The van der Waals surface area contributed by atoms with Crippen molar-refractivity contribution in [1.82, 2.24) is 4.98 Å². The summed E-state index contributed by atoms with van der Waals surface area (Å²) in [5, 5.41) is 11.6. The highest BCUT2D eigenvalue weighted by atomic mass is 16.3. The lowest BCUT2D eigenvalue weighted by atomic mass is 9.84. The second-order valence-electron chi connectivity index (χ2n) is 6.00. The summed E-state index contributed by atoms with van der Waals surface area (Å²) in [6.07, 6.45) is 3.86. The van der Waals surface area contributed by atoms with Crippen molar-refractivity contribution in [2.24, 2.45) is 0 Å². The van der Waals surface area contributed by atoms with Crippen molar-refractivity contribution < 1.29 is 5.11 Å². The summed E-state index contributed by atoms with van der Waals surface area (Å²) in [5.41, 5.74) is 2.53. The van der Waals surface area contributed by atoms with Gasteiger partial charge >= 0.3 is 0 Å². The molecule has 2 rings (SSSR count). The van der Waals surface area contributed by atoms with Crippen LogP contribution in [0.3, 0.4) is 0 Å². The van der Waals surface area contributed by atoms with Crippen LogP contribution in [0.15, 0.2) is 30.6 Å². The standard InChI is InChI=1S/C16H21NO/c1-11(10-18)12-5-6-14-13(7-12)8-17-9-15(14)16(2,3)4/h5-9,11,18H,10H2,1-4H3. The van der Waals surface area contributed by atoms with Crippen molar-refractivity contribution in [3.63, 3.8) is 0 Å². The predicted octanol–water partition coefficient (Wildman–Crippen LogP) is 3.63. The Morgan fingerprint density at radius 1 is 1.22 bits per heavy atom. The average Bonchev–Trinajstić information content (AvgIpc) is 2.35. The topological polar surface area (TPSA) is 33.1 Å². The fourth-order valence-corrected chi connectivity index (χ4v) is 2.20. The molecule has 0 saturated heterocycles. The minimum Gasteiger partial charge on any atom is -0.396 e. The van der Waals surface area contributed by atoms with E-state index >= 15 is 0 Å². The highest BCUT2D eigenvalue weighted by Crippen LogP contribution is 2.30. The van der Waals surface area contributed by atoms with Crippen LogP contribution in [0.1, 0.15) is 44.7 Å². The van der Waals surface area contributed by atoms with E-state index in [0.717, 1.165) is 10.9 Å². The van der Waals surface area contributed by atoms with Gasteiger partial charge in [0, 0.05) is 30.3 Å². The molecule has 2 nitrogen and oxygen atoms in total. The molecule has 18 heavy (non-hydrogen) atoms. The molecule has 0 aliphatic carbocycles. The highest BCUT2D eigenvalue weighted by Gasteiger charge is 2.17. The summed E-state index contributed by atoms with van der Waals surface area (Å²) < 4.78 is 0. The Labute approximate surface area is 109 Å². The van der Waals surface area contributed by atoms with E-state index in [1.54, 1.807) is 0 Å². The van der Waals surface area contributed by atoms with Gasteiger partial charge in [-0.25, -0.2) is 0 Å². The van der Waals surface area contributed by atoms with E-state index in [1.807, 2.05) is 19.3 Å². The molecule has 0 radical (unpaired) electrons. The van der Waals surface area contributed by atoms with Crippen molar-refractivity contribution >= 4 is 10.8 Å². The molecule has 1 aromatic heterocycles. The number of aliphatic hydroxyl groups excluding tert-OH is 1. The molecule has 1 atom stereocenters. The number of benzene rings is 1. The quantitative estimate of drug-likeness (QED) is 0.873. The Balaban J connectivity index is 2.61. The van der Waals surface area contributed by atoms with Gasteiger partial charge in [-0.3, -0.25) is 4.98 Å². The first-order valence-electron chi connectivity index (χ1n) is 6.42. The van der Waals surface area contributed by atoms with Crippen LogP contribution in [0.2, 0.25) is 0 Å². The normalized spacial score (nSPS) is 13.8. The molecule has 0 saturated carbocycles. The van der Waals surface area contributed by atoms with Gasteiger partial charge in [0.05, 0.1) is 0 Å². The van der Waals surface area contributed by atoms with Gasteiger partial charge < -0.3 is 5.11 Å². The number of fused-ring (bicyclic) bond motifs is 1. The van der Waals surface area contributed by atoms with Gasteiger partial charge in [-0.05, 0) is 28.0 Å². The Morgan fingerprint density at radius 3 is 2.56 bits per heavy atom. The largest absolute Gasteiger partial charge is 0.396 e. The predicted molar refractivity (Wildman–Crippen MR) is 75.9 cm³/mol. The van der Waals surface area contributed by atoms with Gasteiger partial charge in [0.15, 0.2) is 0 Å². The number of hydrogen-bond donors (Lipinski definition) is 1. The van der Waals surface area contributed by atoms with Crippen molar-refractivity contribution in [2.45, 2.75) is 39.0 Å². The Bertz CT molecular complexity index is 555. The molecule has 0 fully saturated rings. The fourth-order valence-electron chi connectivity index (χ4n) is 2.20. The molecule has 0 spiro atoms. The van der Waals surface area contributed by atoms with E-state index in [0.29, 0.717) is 0 Å². The Kier molecular flexibility index (Phi) is 3.40. The molecule has 0 bridgehead atoms. The summed E-state index contributed by atoms with van der Waals surface area (Å²) in [6, 6.07) is 6.40. The number of hydrogen-bond acceptors (Lipinski definition) is 2. The van der Waals surface area contributed by atoms with Gasteiger partial charge in [0.1, 0.15) is 0 Å². The summed E-state index contributed by atoms with van der Waals surface area (Å²) >= 11 is 0. The van der Waals surface area contributed by atoms with E-state index in [9.17, 15) is 5.11 Å². The third-order valence-corrected chi connectivity index (χ3v) is 3.43. The fraction of sp³-hybridized carbons (Fsp3) is 0.438. The van der Waals surface area contributed by atoms with Crippen LogP contribution in [-0.4, -0.2) is 16.7 Å². The zero-order valence-electron chi connectivity index (χ0n) is 11.6. The molecule has 0 aliphatic rings. The third kappa shape index (κ3) is 2.39. The zero-order valence-corrected chi connectivity index (χ0v) is 11.6. The molecular formula is C16H21NO. The highest BCUT2D eigenvalue weighted by molar-refractivity contribution is 5.86. The van der Waals surface area contributed by atoms with E-state index in [2.05, 4.69) is 44.0 Å². The number of rotatable bonds is 2. The average molecular weight is 243 g/mol. The number of pyridine rings is 1. The second kappa shape index (κ2) is 4.69. The summed E-state index contributed by atoms with van der Waals surface area (Å²) in [7, 11) is 0. The molecule has 0 amide bonds. The molecule has 1 heterocycles. The van der Waals surface area contributed by atoms with Crippen LogP contribution in [0.4, 0.5) is 0 Å². The molecule has 2 heteroatoms. The van der Waals surface area contributed by atoms with Gasteiger partial charge in [-0.1, -0.05) is 39.8 Å². The van der Waals surface area contributed by atoms with Crippen molar-refractivity contribution in [3.05, 3.63) is 41.7 Å². The number of aromatic nitrogens is 1. The Hall–Kier alpha value is -1.41. The third-order valence-electron chi connectivity index (χ3n) is 3.43. The SMILES string of the molecule is CC(CO)c1ccc2c(C(C)(C)C)cncc2c1. The molecule has 1 N–H and O–H groups in total. The van der Waals surface area contributed by atoms with Crippen molar-refractivity contribution in [3.8, 4) is 0 Å². The van der Waals surface area contributed by atoms with Crippen molar-refractivity contribution in [2.75, 3.05) is 6.61 Å². The zero-order chi connectivity index (χ0) is 13.3. The van der Waals surface area contributed by atoms with Crippen LogP contribution < -0.4 is 0 Å². The van der Waals surface area contributed by atoms with Crippen LogP contribution in [0.25, 0.3) is 10.8 Å². The molecule has 1 unspecified atom stereocenters. The van der Waals surface area contributed by atoms with Crippen LogP contribution in [-0.2, 0) is 5.41 Å². The summed E-state index contributed by atoms with van der Waals surface area (Å²) in [4.78, 5) is 4.34. The lowest BCUT2D eigenvalue weighted by Gasteiger charge is -2.21. The van der Waals surface area contributed by atoms with Gasteiger partial charge in [0.2, 0.25) is 0 Å². The maximum atomic E-state index is 9.23. The van der Waals surface area contributed by atoms with Crippen LogP contribution in [0, 0.1) is 0 Å². The molecule has 0 aliphatic heterocycles. The first kappa shape index (κ1) is 13.0. The first-order valence-corrected chi connectivity index (χ1v) is 6.42. The molecule has 1 aromatic carbocycles. The minimum atomic E-state index is 0.0939. The minimum absolute atomic E-state index is 0.0939. The summed E-state index contributed by atoms with van der Waals surface area (Å²) in [6.45, 7) is 8.81. The summed E-state index contributed by atoms with van der Waals surface area (Å²) in [5.74, 6) is 0.174. The molecule has 96 valence electrons. The van der Waals surface area contributed by atoms with Gasteiger partial charge in [-0.15, -0.1) is 0 Å². The van der Waals surface area contributed by atoms with E-state index in [1.165, 1.54) is 10.9 Å². The lowest BCUT2D eigenvalue weighted by Crippen LogP contribution is -2.12. The van der Waals surface area contributed by atoms with Crippen LogP contribution >= 0.6 is 0 Å². The first-order chi connectivity index (χ1) is 8.43. The van der Waals surface area contributed by atoms with E-state index in [4.69, 9.17) is 0 Å². The number of nitrogens with zero attached hydrogens (tertiary/aromatic N) is 1. The van der Waals surface area contributed by atoms with Crippen molar-refractivity contribution in [1.29, 1.82) is 0 Å². The monoisotopic (exact) mass is 243 g/mol. The Morgan fingerprint density at radius 2 is 1.94 bits per heavy atom. The maximum absolute atomic E-state index is 9.23. The maximum Gasteiger partial charge on any atom is 0.0497 e. The van der Waals surface area contributed by atoms with Crippen LogP contribution in [0.5, 0.6) is 0 Å². The smallest absolute Gasteiger partial charge is 0.0497 e. The van der Waals surface area contributed by atoms with Gasteiger partial charge in [-0.2, -0.15) is 0 Å².